The predicted molar refractivity (Wildman–Crippen MR) is 63.5 cm³/mol. The number of carbonyl (C=O) groups is 1. The fraction of sp³-hybridized carbons (Fsp3) is 0.154. The minimum atomic E-state index is -0.299. The summed E-state index contributed by atoms with van der Waals surface area (Å²) in [4.78, 5) is 11.9. The molecule has 0 radical (unpaired) electrons. The summed E-state index contributed by atoms with van der Waals surface area (Å²) in [6, 6.07) is 6.17. The number of Topliss-reactive ketones (excluding diaryl/α,β-unsaturated/α-hetero) is 1. The monoisotopic (exact) mass is 234 g/mol. The van der Waals surface area contributed by atoms with Gasteiger partial charge in [-0.1, -0.05) is 12.1 Å². The number of aryl methyl sites for hydroxylation is 1. The van der Waals surface area contributed by atoms with Crippen LogP contribution in [0, 0.1) is 12.7 Å². The van der Waals surface area contributed by atoms with Crippen LogP contribution in [0.25, 0.3) is 0 Å². The average Bonchev–Trinajstić information content (AvgIpc) is 2.64. The zero-order valence-electron chi connectivity index (χ0n) is 8.87. The van der Waals surface area contributed by atoms with Crippen molar-refractivity contribution in [3.05, 3.63) is 57.5 Å². The third-order valence-corrected chi connectivity index (χ3v) is 3.27. The Labute approximate surface area is 97.6 Å². The molecular weight excluding hydrogens is 223 g/mol. The molecule has 0 saturated carbocycles. The summed E-state index contributed by atoms with van der Waals surface area (Å²) in [6.45, 7) is 1.91. The first-order valence-corrected chi connectivity index (χ1v) is 5.91. The fourth-order valence-electron chi connectivity index (χ4n) is 1.57. The van der Waals surface area contributed by atoms with E-state index in [1.807, 2.05) is 17.7 Å². The van der Waals surface area contributed by atoms with Gasteiger partial charge in [0.15, 0.2) is 5.78 Å². The van der Waals surface area contributed by atoms with Gasteiger partial charge in [0, 0.05) is 17.4 Å². The van der Waals surface area contributed by atoms with Gasteiger partial charge in [-0.15, -0.1) is 0 Å². The molecule has 82 valence electrons. The number of rotatable bonds is 3. The van der Waals surface area contributed by atoms with E-state index < -0.39 is 0 Å². The van der Waals surface area contributed by atoms with Gasteiger partial charge in [0.1, 0.15) is 5.82 Å². The SMILES string of the molecule is Cc1cscc1C(=O)Cc1cccc(F)c1. The Morgan fingerprint density at radius 1 is 1.38 bits per heavy atom. The van der Waals surface area contributed by atoms with Crippen molar-refractivity contribution in [2.24, 2.45) is 0 Å². The highest BCUT2D eigenvalue weighted by atomic mass is 32.1. The zero-order chi connectivity index (χ0) is 11.5. The molecule has 1 heterocycles. The predicted octanol–water partition coefficient (Wildman–Crippen LogP) is 3.62. The molecule has 0 bridgehead atoms. The maximum atomic E-state index is 12.9. The molecule has 3 heteroatoms. The molecule has 0 aliphatic heterocycles. The van der Waals surface area contributed by atoms with E-state index in [0.29, 0.717) is 0 Å². The van der Waals surface area contributed by atoms with Crippen LogP contribution in [-0.4, -0.2) is 5.78 Å². The lowest BCUT2D eigenvalue weighted by atomic mass is 10.0. The molecule has 0 N–H and O–H groups in total. The van der Waals surface area contributed by atoms with Gasteiger partial charge in [0.25, 0.3) is 0 Å². The van der Waals surface area contributed by atoms with E-state index in [9.17, 15) is 9.18 Å². The summed E-state index contributed by atoms with van der Waals surface area (Å²) in [6.07, 6.45) is 0.259. The zero-order valence-corrected chi connectivity index (χ0v) is 9.68. The number of thiophene rings is 1. The number of hydrogen-bond acceptors (Lipinski definition) is 2. The lowest BCUT2D eigenvalue weighted by Crippen LogP contribution is -2.03. The van der Waals surface area contributed by atoms with Crippen LogP contribution < -0.4 is 0 Å². The van der Waals surface area contributed by atoms with E-state index in [1.54, 1.807) is 12.1 Å². The van der Waals surface area contributed by atoms with Crippen LogP contribution in [0.5, 0.6) is 0 Å². The van der Waals surface area contributed by atoms with Crippen LogP contribution in [0.2, 0.25) is 0 Å². The van der Waals surface area contributed by atoms with Crippen LogP contribution >= 0.6 is 11.3 Å². The summed E-state index contributed by atoms with van der Waals surface area (Å²) in [5.74, 6) is -0.253. The van der Waals surface area contributed by atoms with Crippen LogP contribution in [0.1, 0.15) is 21.5 Å². The average molecular weight is 234 g/mol. The van der Waals surface area contributed by atoms with Crippen LogP contribution in [0.3, 0.4) is 0 Å². The Morgan fingerprint density at radius 3 is 2.81 bits per heavy atom. The molecule has 0 saturated heterocycles. The Hall–Kier alpha value is -1.48. The van der Waals surface area contributed by atoms with Gasteiger partial charge in [0.2, 0.25) is 0 Å². The minimum absolute atomic E-state index is 0.0457. The van der Waals surface area contributed by atoms with Gasteiger partial charge in [-0.3, -0.25) is 4.79 Å². The smallest absolute Gasteiger partial charge is 0.168 e. The van der Waals surface area contributed by atoms with Crippen molar-refractivity contribution in [3.63, 3.8) is 0 Å². The van der Waals surface area contributed by atoms with E-state index in [-0.39, 0.29) is 18.0 Å². The van der Waals surface area contributed by atoms with Crippen molar-refractivity contribution in [2.45, 2.75) is 13.3 Å². The fourth-order valence-corrected chi connectivity index (χ4v) is 2.43. The molecule has 0 amide bonds. The topological polar surface area (TPSA) is 17.1 Å². The van der Waals surface area contributed by atoms with Crippen molar-refractivity contribution < 1.29 is 9.18 Å². The summed E-state index contributed by atoms with van der Waals surface area (Å²) in [5, 5.41) is 3.79. The molecule has 1 aromatic carbocycles. The molecule has 0 aliphatic carbocycles. The summed E-state index contributed by atoms with van der Waals surface area (Å²) < 4.78 is 12.9. The van der Waals surface area contributed by atoms with Gasteiger partial charge in [-0.2, -0.15) is 11.3 Å². The largest absolute Gasteiger partial charge is 0.294 e. The molecule has 1 nitrogen and oxygen atoms in total. The molecule has 0 atom stereocenters. The van der Waals surface area contributed by atoms with Crippen molar-refractivity contribution in [1.82, 2.24) is 0 Å². The second-order valence-corrected chi connectivity index (χ2v) is 4.44. The Balaban J connectivity index is 2.17. The third-order valence-electron chi connectivity index (χ3n) is 2.41. The lowest BCUT2D eigenvalue weighted by Gasteiger charge is -2.01. The van der Waals surface area contributed by atoms with E-state index in [0.717, 1.165) is 16.7 Å². The number of carbonyl (C=O) groups excluding carboxylic acids is 1. The number of hydrogen-bond donors (Lipinski definition) is 0. The summed E-state index contributed by atoms with van der Waals surface area (Å²) >= 11 is 1.51. The van der Waals surface area contributed by atoms with Gasteiger partial charge >= 0.3 is 0 Å². The Bertz CT molecular complexity index is 516. The van der Waals surface area contributed by atoms with Crippen molar-refractivity contribution in [3.8, 4) is 0 Å². The highest BCUT2D eigenvalue weighted by Gasteiger charge is 2.10. The van der Waals surface area contributed by atoms with E-state index in [4.69, 9.17) is 0 Å². The Kier molecular flexibility index (Phi) is 3.15. The van der Waals surface area contributed by atoms with Crippen molar-refractivity contribution >= 4 is 17.1 Å². The molecule has 0 spiro atoms. The second kappa shape index (κ2) is 4.58. The molecule has 2 rings (SSSR count). The van der Waals surface area contributed by atoms with Gasteiger partial charge in [0.05, 0.1) is 0 Å². The molecule has 2 aromatic rings. The molecule has 16 heavy (non-hydrogen) atoms. The van der Waals surface area contributed by atoms with Crippen LogP contribution in [0.15, 0.2) is 35.0 Å². The first-order valence-electron chi connectivity index (χ1n) is 4.97. The van der Waals surface area contributed by atoms with Crippen molar-refractivity contribution in [2.75, 3.05) is 0 Å². The normalized spacial score (nSPS) is 10.4. The molecular formula is C13H11FOS. The molecule has 0 fully saturated rings. The number of halogens is 1. The van der Waals surface area contributed by atoms with E-state index >= 15 is 0 Å². The van der Waals surface area contributed by atoms with Crippen LogP contribution in [-0.2, 0) is 6.42 Å². The first kappa shape index (κ1) is 11.0. The summed E-state index contributed by atoms with van der Waals surface area (Å²) in [7, 11) is 0. The van der Waals surface area contributed by atoms with E-state index in [1.165, 1.54) is 23.5 Å². The van der Waals surface area contributed by atoms with Gasteiger partial charge in [-0.25, -0.2) is 4.39 Å². The quantitative estimate of drug-likeness (QED) is 0.741. The number of benzene rings is 1. The maximum Gasteiger partial charge on any atom is 0.168 e. The van der Waals surface area contributed by atoms with E-state index in [2.05, 4.69) is 0 Å². The third kappa shape index (κ3) is 2.36. The lowest BCUT2D eigenvalue weighted by molar-refractivity contribution is 0.0993. The highest BCUT2D eigenvalue weighted by Crippen LogP contribution is 2.16. The first-order chi connectivity index (χ1) is 7.66. The van der Waals surface area contributed by atoms with Crippen LogP contribution in [0.4, 0.5) is 4.39 Å². The molecule has 1 aromatic heterocycles. The van der Waals surface area contributed by atoms with Gasteiger partial charge in [-0.05, 0) is 35.6 Å². The standard InChI is InChI=1S/C13H11FOS/c1-9-7-16-8-12(9)13(15)6-10-3-2-4-11(14)5-10/h2-5,7-8H,6H2,1H3. The second-order valence-electron chi connectivity index (χ2n) is 3.70. The van der Waals surface area contributed by atoms with Crippen molar-refractivity contribution in [1.29, 1.82) is 0 Å². The molecule has 0 unspecified atom stereocenters. The minimum Gasteiger partial charge on any atom is -0.294 e. The highest BCUT2D eigenvalue weighted by molar-refractivity contribution is 7.08. The number of ketones is 1. The summed E-state index contributed by atoms with van der Waals surface area (Å²) in [5.41, 5.74) is 2.45. The van der Waals surface area contributed by atoms with Gasteiger partial charge < -0.3 is 0 Å². The molecule has 0 aliphatic rings. The Morgan fingerprint density at radius 2 is 2.19 bits per heavy atom. The maximum absolute atomic E-state index is 12.9.